The Balaban J connectivity index is 2.03. The average Bonchev–Trinajstić information content (AvgIpc) is 2.33. The van der Waals surface area contributed by atoms with Gasteiger partial charge in [-0.25, -0.2) is 0 Å². The molecule has 0 amide bonds. The molecule has 0 aliphatic heterocycles. The van der Waals surface area contributed by atoms with Crippen molar-refractivity contribution in [2.75, 3.05) is 5.43 Å². The zero-order valence-electron chi connectivity index (χ0n) is 9.09. The molecular formula is C13H13N3. The molecule has 0 spiro atoms. The number of benzene rings is 1. The van der Waals surface area contributed by atoms with Crippen molar-refractivity contribution < 1.29 is 0 Å². The molecule has 0 atom stereocenters. The van der Waals surface area contributed by atoms with Crippen LogP contribution in [0.1, 0.15) is 11.3 Å². The van der Waals surface area contributed by atoms with Gasteiger partial charge in [0.1, 0.15) is 0 Å². The number of anilines is 1. The average molecular weight is 211 g/mol. The summed E-state index contributed by atoms with van der Waals surface area (Å²) in [7, 11) is 0. The maximum absolute atomic E-state index is 4.14. The quantitative estimate of drug-likeness (QED) is 0.626. The number of para-hydroxylation sites is 1. The topological polar surface area (TPSA) is 37.3 Å². The Morgan fingerprint density at radius 1 is 1.12 bits per heavy atom. The fourth-order valence-electron chi connectivity index (χ4n) is 1.32. The monoisotopic (exact) mass is 211 g/mol. The molecule has 3 nitrogen and oxygen atoms in total. The highest BCUT2D eigenvalue weighted by Crippen LogP contribution is 2.12. The van der Waals surface area contributed by atoms with Crippen molar-refractivity contribution in [2.45, 2.75) is 6.92 Å². The normalized spacial score (nSPS) is 10.6. The van der Waals surface area contributed by atoms with E-state index in [1.165, 1.54) is 5.56 Å². The molecule has 1 N–H and O–H groups in total. The Morgan fingerprint density at radius 2 is 1.94 bits per heavy atom. The predicted octanol–water partition coefficient (Wildman–Crippen LogP) is 2.84. The van der Waals surface area contributed by atoms with E-state index in [-0.39, 0.29) is 0 Å². The zero-order chi connectivity index (χ0) is 11.2. The van der Waals surface area contributed by atoms with Crippen molar-refractivity contribution >= 4 is 11.9 Å². The van der Waals surface area contributed by atoms with Crippen LogP contribution in [0.5, 0.6) is 0 Å². The minimum absolute atomic E-state index is 0.837. The smallest absolute Gasteiger partial charge is 0.0830 e. The lowest BCUT2D eigenvalue weighted by atomic mass is 10.2. The molecule has 2 aromatic rings. The molecule has 0 bridgehead atoms. The Morgan fingerprint density at radius 3 is 2.69 bits per heavy atom. The van der Waals surface area contributed by atoms with Crippen LogP contribution >= 0.6 is 0 Å². The van der Waals surface area contributed by atoms with Crippen LogP contribution < -0.4 is 5.43 Å². The molecule has 0 saturated heterocycles. The maximum Gasteiger partial charge on any atom is 0.0830 e. The number of nitrogens with zero attached hydrogens (tertiary/aromatic N) is 2. The van der Waals surface area contributed by atoms with Crippen molar-refractivity contribution in [3.8, 4) is 0 Å². The summed E-state index contributed by atoms with van der Waals surface area (Å²) in [6, 6.07) is 13.7. The third-order valence-corrected chi connectivity index (χ3v) is 2.21. The fraction of sp³-hybridized carbons (Fsp3) is 0.0769. The van der Waals surface area contributed by atoms with E-state index in [4.69, 9.17) is 0 Å². The molecule has 0 aliphatic rings. The van der Waals surface area contributed by atoms with Gasteiger partial charge in [0.2, 0.25) is 0 Å². The number of aromatic nitrogens is 1. The van der Waals surface area contributed by atoms with Crippen LogP contribution in [0.25, 0.3) is 0 Å². The van der Waals surface area contributed by atoms with Gasteiger partial charge in [0.25, 0.3) is 0 Å². The SMILES string of the molecule is Cc1ccccc1NN=Cc1ccccn1. The molecule has 16 heavy (non-hydrogen) atoms. The van der Waals surface area contributed by atoms with Crippen molar-refractivity contribution in [3.63, 3.8) is 0 Å². The number of hydrazone groups is 1. The van der Waals surface area contributed by atoms with E-state index in [1.54, 1.807) is 12.4 Å². The predicted molar refractivity (Wildman–Crippen MR) is 66.6 cm³/mol. The number of pyridine rings is 1. The van der Waals surface area contributed by atoms with E-state index >= 15 is 0 Å². The molecule has 0 radical (unpaired) electrons. The molecule has 2 rings (SSSR count). The minimum atomic E-state index is 0.837. The number of aryl methyl sites for hydroxylation is 1. The van der Waals surface area contributed by atoms with E-state index in [0.717, 1.165) is 11.4 Å². The Hall–Kier alpha value is -2.16. The molecule has 3 heteroatoms. The van der Waals surface area contributed by atoms with Gasteiger partial charge >= 0.3 is 0 Å². The van der Waals surface area contributed by atoms with Gasteiger partial charge in [0.15, 0.2) is 0 Å². The van der Waals surface area contributed by atoms with Crippen LogP contribution in [0.4, 0.5) is 5.69 Å². The lowest BCUT2D eigenvalue weighted by Crippen LogP contribution is -1.93. The van der Waals surface area contributed by atoms with Gasteiger partial charge in [-0.15, -0.1) is 0 Å². The number of hydrogen-bond donors (Lipinski definition) is 1. The van der Waals surface area contributed by atoms with Crippen LogP contribution in [0, 0.1) is 6.92 Å². The fourth-order valence-corrected chi connectivity index (χ4v) is 1.32. The van der Waals surface area contributed by atoms with Gasteiger partial charge in [-0.1, -0.05) is 24.3 Å². The largest absolute Gasteiger partial charge is 0.278 e. The van der Waals surface area contributed by atoms with Gasteiger partial charge in [0, 0.05) is 6.20 Å². The van der Waals surface area contributed by atoms with Gasteiger partial charge in [-0.3, -0.25) is 10.4 Å². The van der Waals surface area contributed by atoms with E-state index in [2.05, 4.69) is 15.5 Å². The zero-order valence-corrected chi connectivity index (χ0v) is 9.09. The second kappa shape index (κ2) is 5.07. The molecule has 1 aromatic carbocycles. The highest BCUT2D eigenvalue weighted by atomic mass is 15.3. The number of rotatable bonds is 3. The first-order valence-corrected chi connectivity index (χ1v) is 5.12. The Labute approximate surface area is 94.9 Å². The maximum atomic E-state index is 4.14. The Kier molecular flexibility index (Phi) is 3.28. The second-order valence-corrected chi connectivity index (χ2v) is 3.44. The highest BCUT2D eigenvalue weighted by molar-refractivity contribution is 5.77. The molecule has 80 valence electrons. The Bertz CT molecular complexity index is 478. The third kappa shape index (κ3) is 2.67. The van der Waals surface area contributed by atoms with E-state index in [0.29, 0.717) is 0 Å². The molecule has 0 unspecified atom stereocenters. The van der Waals surface area contributed by atoms with Gasteiger partial charge in [-0.2, -0.15) is 5.10 Å². The summed E-state index contributed by atoms with van der Waals surface area (Å²) in [5.41, 5.74) is 6.00. The minimum Gasteiger partial charge on any atom is -0.278 e. The third-order valence-electron chi connectivity index (χ3n) is 2.21. The summed E-state index contributed by atoms with van der Waals surface area (Å²) < 4.78 is 0. The van der Waals surface area contributed by atoms with Gasteiger partial charge in [-0.05, 0) is 30.7 Å². The van der Waals surface area contributed by atoms with Crippen LogP contribution in [-0.2, 0) is 0 Å². The summed E-state index contributed by atoms with van der Waals surface area (Å²) in [5.74, 6) is 0. The summed E-state index contributed by atoms with van der Waals surface area (Å²) in [6.07, 6.45) is 3.45. The summed E-state index contributed by atoms with van der Waals surface area (Å²) in [4.78, 5) is 4.14. The van der Waals surface area contributed by atoms with Gasteiger partial charge in [0.05, 0.1) is 17.6 Å². The molecule has 0 aliphatic carbocycles. The van der Waals surface area contributed by atoms with Gasteiger partial charge < -0.3 is 0 Å². The molecule has 1 aromatic heterocycles. The number of hydrogen-bond acceptors (Lipinski definition) is 3. The van der Waals surface area contributed by atoms with Crippen molar-refractivity contribution in [1.29, 1.82) is 0 Å². The van der Waals surface area contributed by atoms with E-state index in [9.17, 15) is 0 Å². The summed E-state index contributed by atoms with van der Waals surface area (Å²) in [5, 5.41) is 4.14. The first kappa shape index (κ1) is 10.4. The molecule has 0 fully saturated rings. The van der Waals surface area contributed by atoms with Crippen LogP contribution in [0.3, 0.4) is 0 Å². The summed E-state index contributed by atoms with van der Waals surface area (Å²) in [6.45, 7) is 2.04. The lowest BCUT2D eigenvalue weighted by molar-refractivity contribution is 1.27. The van der Waals surface area contributed by atoms with Crippen molar-refractivity contribution in [1.82, 2.24) is 4.98 Å². The lowest BCUT2D eigenvalue weighted by Gasteiger charge is -2.02. The van der Waals surface area contributed by atoms with Crippen molar-refractivity contribution in [3.05, 3.63) is 59.9 Å². The van der Waals surface area contributed by atoms with Crippen LogP contribution in [0.15, 0.2) is 53.8 Å². The van der Waals surface area contributed by atoms with Crippen molar-refractivity contribution in [2.24, 2.45) is 5.10 Å². The van der Waals surface area contributed by atoms with Crippen LogP contribution in [-0.4, -0.2) is 11.2 Å². The molecule has 1 heterocycles. The molecular weight excluding hydrogens is 198 g/mol. The second-order valence-electron chi connectivity index (χ2n) is 3.44. The first-order valence-electron chi connectivity index (χ1n) is 5.12. The first-order chi connectivity index (χ1) is 7.86. The molecule has 0 saturated carbocycles. The van der Waals surface area contributed by atoms with E-state index in [1.807, 2.05) is 49.4 Å². The highest BCUT2D eigenvalue weighted by Gasteiger charge is 1.92. The van der Waals surface area contributed by atoms with Crippen LogP contribution in [0.2, 0.25) is 0 Å². The van der Waals surface area contributed by atoms with E-state index < -0.39 is 0 Å². The standard InChI is InChI=1S/C13H13N3/c1-11-6-2-3-8-13(11)16-15-10-12-7-4-5-9-14-12/h2-10,16H,1H3. The summed E-state index contributed by atoms with van der Waals surface area (Å²) >= 11 is 0. The number of nitrogens with one attached hydrogen (secondary N) is 1.